The second-order valence-corrected chi connectivity index (χ2v) is 6.14. The number of carbonyl (C=O) groups excluding carboxylic acids is 1. The van der Waals surface area contributed by atoms with E-state index in [4.69, 9.17) is 0 Å². The molecule has 0 bridgehead atoms. The Balaban J connectivity index is 2.24. The monoisotopic (exact) mass is 288 g/mol. The van der Waals surface area contributed by atoms with Gasteiger partial charge < -0.3 is 10.2 Å². The van der Waals surface area contributed by atoms with Crippen LogP contribution in [-0.4, -0.2) is 30.4 Å². The molecule has 1 heterocycles. The average Bonchev–Trinajstić information content (AvgIpc) is 2.53. The minimum Gasteiger partial charge on any atom is -0.352 e. The second kappa shape index (κ2) is 7.08. The van der Waals surface area contributed by atoms with Crippen molar-refractivity contribution in [1.29, 1.82) is 0 Å². The van der Waals surface area contributed by atoms with Crippen molar-refractivity contribution in [2.75, 3.05) is 19.6 Å². The summed E-state index contributed by atoms with van der Waals surface area (Å²) in [6, 6.07) is 8.64. The third kappa shape index (κ3) is 3.65. The molecular weight excluding hydrogens is 260 g/mol. The molecule has 0 aliphatic carbocycles. The summed E-state index contributed by atoms with van der Waals surface area (Å²) >= 11 is 0. The van der Waals surface area contributed by atoms with Crippen LogP contribution in [-0.2, 0) is 16.8 Å². The van der Waals surface area contributed by atoms with Gasteiger partial charge in [0.25, 0.3) is 0 Å². The molecule has 1 aliphatic rings. The summed E-state index contributed by atoms with van der Waals surface area (Å²) in [6.45, 7) is 10.3. The molecule has 0 radical (unpaired) electrons. The van der Waals surface area contributed by atoms with Crippen molar-refractivity contribution in [3.63, 3.8) is 0 Å². The lowest BCUT2D eigenvalue weighted by atomic mass is 9.69. The highest BCUT2D eigenvalue weighted by Crippen LogP contribution is 2.40. The molecule has 0 atom stereocenters. The smallest absolute Gasteiger partial charge is 0.217 e. The Morgan fingerprint density at radius 3 is 2.48 bits per heavy atom. The Hall–Kier alpha value is -1.35. The van der Waals surface area contributed by atoms with Gasteiger partial charge in [0, 0.05) is 13.5 Å². The van der Waals surface area contributed by atoms with Crippen LogP contribution in [0, 0.1) is 0 Å². The van der Waals surface area contributed by atoms with E-state index in [1.54, 1.807) is 6.92 Å². The predicted octanol–water partition coefficient (Wildman–Crippen LogP) is 3.09. The Morgan fingerprint density at radius 1 is 1.24 bits per heavy atom. The van der Waals surface area contributed by atoms with E-state index in [0.717, 1.165) is 6.54 Å². The van der Waals surface area contributed by atoms with Gasteiger partial charge in [-0.15, -0.1) is 0 Å². The van der Waals surface area contributed by atoms with Crippen molar-refractivity contribution in [1.82, 2.24) is 10.2 Å². The predicted molar refractivity (Wildman–Crippen MR) is 87.3 cm³/mol. The summed E-state index contributed by atoms with van der Waals surface area (Å²) in [5, 5.41) is 2.95. The Morgan fingerprint density at radius 2 is 1.90 bits per heavy atom. The summed E-state index contributed by atoms with van der Waals surface area (Å²) in [4.78, 5) is 13.8. The number of benzene rings is 1. The maximum absolute atomic E-state index is 11.2. The maximum atomic E-state index is 11.2. The Kier molecular flexibility index (Phi) is 5.40. The van der Waals surface area contributed by atoms with Gasteiger partial charge in [-0.3, -0.25) is 4.79 Å². The van der Waals surface area contributed by atoms with Gasteiger partial charge in [0.1, 0.15) is 0 Å². The lowest BCUT2D eigenvalue weighted by molar-refractivity contribution is -0.119. The molecule has 1 N–H and O–H groups in total. The van der Waals surface area contributed by atoms with E-state index in [-0.39, 0.29) is 11.3 Å². The zero-order valence-corrected chi connectivity index (χ0v) is 13.6. The fourth-order valence-electron chi connectivity index (χ4n) is 3.52. The number of nitrogens with one attached hydrogen (secondary N) is 1. The highest BCUT2D eigenvalue weighted by Gasteiger charge is 2.35. The molecule has 0 saturated carbocycles. The van der Waals surface area contributed by atoms with Crippen LogP contribution in [0.2, 0.25) is 0 Å². The summed E-state index contributed by atoms with van der Waals surface area (Å²) in [5.41, 5.74) is 3.00. The molecule has 1 aromatic carbocycles. The van der Waals surface area contributed by atoms with Crippen LogP contribution < -0.4 is 5.32 Å². The minimum absolute atomic E-state index is 0.0381. The first-order valence-corrected chi connectivity index (χ1v) is 8.16. The van der Waals surface area contributed by atoms with E-state index in [2.05, 4.69) is 48.3 Å². The molecule has 1 aromatic rings. The van der Waals surface area contributed by atoms with Crippen LogP contribution in [0.1, 0.15) is 51.2 Å². The van der Waals surface area contributed by atoms with E-state index in [9.17, 15) is 4.79 Å². The Labute approximate surface area is 128 Å². The van der Waals surface area contributed by atoms with Gasteiger partial charge in [0.15, 0.2) is 0 Å². The fourth-order valence-corrected chi connectivity index (χ4v) is 3.52. The molecule has 2 rings (SSSR count). The van der Waals surface area contributed by atoms with Gasteiger partial charge in [-0.2, -0.15) is 0 Å². The highest BCUT2D eigenvalue weighted by molar-refractivity contribution is 5.72. The van der Waals surface area contributed by atoms with E-state index in [1.165, 1.54) is 43.5 Å². The van der Waals surface area contributed by atoms with Crippen LogP contribution >= 0.6 is 0 Å². The summed E-state index contributed by atoms with van der Waals surface area (Å²) in [7, 11) is 0. The summed E-state index contributed by atoms with van der Waals surface area (Å²) in [5.74, 6) is 0.0381. The quantitative estimate of drug-likeness (QED) is 0.903. The number of amides is 1. The van der Waals surface area contributed by atoms with Crippen LogP contribution in [0.5, 0.6) is 0 Å². The van der Waals surface area contributed by atoms with Crippen molar-refractivity contribution in [2.45, 2.75) is 52.0 Å². The topological polar surface area (TPSA) is 32.3 Å². The van der Waals surface area contributed by atoms with Crippen molar-refractivity contribution in [3.05, 3.63) is 35.4 Å². The van der Waals surface area contributed by atoms with Gasteiger partial charge in [-0.25, -0.2) is 0 Å². The third-order valence-corrected chi connectivity index (χ3v) is 5.05. The largest absolute Gasteiger partial charge is 0.352 e. The first kappa shape index (κ1) is 16.0. The molecule has 3 heteroatoms. The summed E-state index contributed by atoms with van der Waals surface area (Å²) < 4.78 is 0. The average molecular weight is 288 g/mol. The lowest BCUT2D eigenvalue weighted by Crippen LogP contribution is -2.42. The van der Waals surface area contributed by atoms with E-state index in [1.807, 2.05) is 0 Å². The van der Waals surface area contributed by atoms with Gasteiger partial charge in [0.2, 0.25) is 5.91 Å². The van der Waals surface area contributed by atoms with Gasteiger partial charge in [0.05, 0.1) is 0 Å². The van der Waals surface area contributed by atoms with E-state index >= 15 is 0 Å². The number of piperidine rings is 1. The zero-order chi connectivity index (χ0) is 15.3. The fraction of sp³-hybridized carbons (Fsp3) is 0.611. The van der Waals surface area contributed by atoms with Crippen LogP contribution in [0.4, 0.5) is 0 Å². The first-order valence-electron chi connectivity index (χ1n) is 8.16. The van der Waals surface area contributed by atoms with Crippen molar-refractivity contribution in [3.8, 4) is 0 Å². The van der Waals surface area contributed by atoms with Gasteiger partial charge >= 0.3 is 0 Å². The molecule has 1 amide bonds. The van der Waals surface area contributed by atoms with Gasteiger partial charge in [-0.1, -0.05) is 38.1 Å². The number of hydrogen-bond donors (Lipinski definition) is 1. The zero-order valence-electron chi connectivity index (χ0n) is 13.6. The van der Waals surface area contributed by atoms with Crippen molar-refractivity contribution < 1.29 is 4.79 Å². The van der Waals surface area contributed by atoms with Crippen molar-refractivity contribution >= 4 is 5.91 Å². The normalized spacial score (nSPS) is 18.4. The number of carbonyl (C=O) groups is 1. The standard InChI is InChI=1S/C18H28N2O/c1-4-18(10-12-20(5-2)13-11-18)17-9-7-6-8-16(17)14-19-15(3)21/h6-9H,4-5,10-14H2,1-3H3,(H,19,21). The molecule has 1 fully saturated rings. The Bertz CT molecular complexity index is 476. The molecule has 116 valence electrons. The first-order chi connectivity index (χ1) is 10.1. The molecular formula is C18H28N2O. The molecule has 1 saturated heterocycles. The van der Waals surface area contributed by atoms with E-state index in [0.29, 0.717) is 6.54 Å². The highest BCUT2D eigenvalue weighted by atomic mass is 16.1. The molecule has 0 aromatic heterocycles. The lowest BCUT2D eigenvalue weighted by Gasteiger charge is -2.42. The molecule has 3 nitrogen and oxygen atoms in total. The van der Waals surface area contributed by atoms with Crippen LogP contribution in [0.3, 0.4) is 0 Å². The molecule has 21 heavy (non-hydrogen) atoms. The van der Waals surface area contributed by atoms with Crippen LogP contribution in [0.25, 0.3) is 0 Å². The number of nitrogens with zero attached hydrogens (tertiary/aromatic N) is 1. The van der Waals surface area contributed by atoms with E-state index < -0.39 is 0 Å². The SMILES string of the molecule is CCN1CCC(CC)(c2ccccc2CNC(C)=O)CC1. The third-order valence-electron chi connectivity index (χ3n) is 5.05. The second-order valence-electron chi connectivity index (χ2n) is 6.14. The van der Waals surface area contributed by atoms with Crippen molar-refractivity contribution in [2.24, 2.45) is 0 Å². The number of likely N-dealkylation sites (tertiary alicyclic amines) is 1. The summed E-state index contributed by atoms with van der Waals surface area (Å²) in [6.07, 6.45) is 3.60. The molecule has 0 spiro atoms. The molecule has 0 unspecified atom stereocenters. The number of hydrogen-bond acceptors (Lipinski definition) is 2. The maximum Gasteiger partial charge on any atom is 0.217 e. The minimum atomic E-state index is 0.0381. The van der Waals surface area contributed by atoms with Gasteiger partial charge in [-0.05, 0) is 55.4 Å². The molecule has 1 aliphatic heterocycles. The number of rotatable bonds is 5. The van der Waals surface area contributed by atoms with Crippen LogP contribution in [0.15, 0.2) is 24.3 Å².